The van der Waals surface area contributed by atoms with Crippen LogP contribution < -0.4 is 8.48 Å². The van der Waals surface area contributed by atoms with Crippen molar-refractivity contribution in [3.8, 4) is 0 Å². The molecule has 0 saturated heterocycles. The summed E-state index contributed by atoms with van der Waals surface area (Å²) in [6, 6.07) is 16.7. The minimum Gasteiger partial charge on any atom is -0.748 e. The van der Waals surface area contributed by atoms with E-state index in [1.165, 1.54) is 5.69 Å². The molecule has 0 aliphatic carbocycles. The molecule has 106 valence electrons. The third kappa shape index (κ3) is 5.64. The molecule has 0 spiro atoms. The maximum Gasteiger partial charge on any atom is 0 e. The average Bonchev–Trinajstić information content (AvgIpc) is 2.92. The minimum atomic E-state index is -1.84. The molecule has 0 saturated carbocycles. The molecule has 18 heavy (non-hydrogen) atoms. The molecule has 0 aliphatic rings. The van der Waals surface area contributed by atoms with E-state index in [9.17, 15) is 0 Å². The van der Waals surface area contributed by atoms with Gasteiger partial charge in [0.05, 0.1) is 0 Å². The van der Waals surface area contributed by atoms with Gasteiger partial charge >= 0.3 is 79.7 Å². The molecule has 0 aromatic heterocycles. The first-order valence-electron chi connectivity index (χ1n) is 6.03. The largest absolute Gasteiger partial charge is 0.748 e. The van der Waals surface area contributed by atoms with E-state index in [4.69, 9.17) is 0 Å². The topological polar surface area (TPSA) is 3.24 Å². The summed E-state index contributed by atoms with van der Waals surface area (Å²) in [7, 11) is 4.24. The second-order valence-electron chi connectivity index (χ2n) is 5.43. The Morgan fingerprint density at radius 2 is 1.44 bits per heavy atom. The molecule has 2 rings (SSSR count). The van der Waals surface area contributed by atoms with Crippen molar-refractivity contribution in [2.24, 2.45) is 0 Å². The van der Waals surface area contributed by atoms with Crippen LogP contribution in [0.15, 0.2) is 48.5 Å². The van der Waals surface area contributed by atoms with Crippen LogP contribution in [-0.4, -0.2) is 32.5 Å². The van der Waals surface area contributed by atoms with Gasteiger partial charge in [-0.2, -0.15) is 0 Å². The Morgan fingerprint density at radius 3 is 1.72 bits per heavy atom. The predicted octanol–water partition coefficient (Wildman–Crippen LogP) is 3.42. The van der Waals surface area contributed by atoms with E-state index < -0.39 is 18.4 Å². The Kier molecular flexibility index (Phi) is 8.00. The Labute approximate surface area is 126 Å². The molecule has 0 atom stereocenters. The van der Waals surface area contributed by atoms with Gasteiger partial charge in [-0.25, -0.2) is 0 Å². The maximum atomic E-state index is 2.46. The molecule has 0 fully saturated rings. The van der Waals surface area contributed by atoms with Crippen LogP contribution in [0.5, 0.6) is 0 Å². The standard InChI is InChI=1S/C7H9N.C5H5.3CH3.Fe.Sn/c1-8(2)7-5-3-4-6-7;1-2-4-5-3-1;;;;;/h3-5H,1-2H3;1-5H;3*1H3;;/q-1;-5;;;;;. The molecular weight excluding hydrogens is 369 g/mol. The van der Waals surface area contributed by atoms with Crippen molar-refractivity contribution in [2.45, 2.75) is 14.8 Å². The van der Waals surface area contributed by atoms with Crippen LogP contribution in [0.4, 0.5) is 5.69 Å². The van der Waals surface area contributed by atoms with E-state index >= 15 is 0 Å². The van der Waals surface area contributed by atoms with Crippen molar-refractivity contribution in [3.63, 3.8) is 0 Å². The molecule has 0 aliphatic heterocycles. The quantitative estimate of drug-likeness (QED) is 0.560. The first-order valence-corrected chi connectivity index (χ1v) is 16.0. The van der Waals surface area contributed by atoms with Gasteiger partial charge in [0.2, 0.25) is 0 Å². The van der Waals surface area contributed by atoms with Crippen LogP contribution in [-0.2, 0) is 17.1 Å². The second-order valence-corrected chi connectivity index (χ2v) is 19.8. The van der Waals surface area contributed by atoms with Crippen molar-refractivity contribution in [1.82, 2.24) is 0 Å². The fourth-order valence-electron chi connectivity index (χ4n) is 1.76. The number of hydrogen-bond acceptors (Lipinski definition) is 1. The molecule has 2 aromatic rings. The Balaban J connectivity index is 0.000000405. The monoisotopic (exact) mass is 393 g/mol. The molecule has 0 amide bonds. The molecular formula is C15H23FeNSn-6. The Bertz CT molecular complexity index is 393. The van der Waals surface area contributed by atoms with E-state index in [2.05, 4.69) is 52.0 Å². The SMILES string of the molecule is CN(C)[c-]1ccc[c]1[Sn]([CH3])([CH3])[CH3].[Fe].[cH-]1[cH-][cH-][cH-][cH-]1. The van der Waals surface area contributed by atoms with Gasteiger partial charge in [0, 0.05) is 17.1 Å². The van der Waals surface area contributed by atoms with Gasteiger partial charge < -0.3 is 30.3 Å². The van der Waals surface area contributed by atoms with E-state index in [-0.39, 0.29) is 17.1 Å². The summed E-state index contributed by atoms with van der Waals surface area (Å²) in [5.74, 6) is 0. The van der Waals surface area contributed by atoms with E-state index in [1.54, 1.807) is 3.58 Å². The van der Waals surface area contributed by atoms with Crippen molar-refractivity contribution in [2.75, 3.05) is 19.0 Å². The zero-order chi connectivity index (χ0) is 12.9. The van der Waals surface area contributed by atoms with Gasteiger partial charge in [0.15, 0.2) is 0 Å². The fraction of sp³-hybridized carbons (Fsp3) is 0.333. The Hall–Kier alpha value is -0.182. The second kappa shape index (κ2) is 8.08. The van der Waals surface area contributed by atoms with E-state index in [0.717, 1.165) is 0 Å². The number of nitrogens with zero attached hydrogens (tertiary/aromatic N) is 1. The van der Waals surface area contributed by atoms with Gasteiger partial charge in [-0.05, 0) is 0 Å². The summed E-state index contributed by atoms with van der Waals surface area (Å²) in [6.45, 7) is 0. The zero-order valence-corrected chi connectivity index (χ0v) is 15.9. The Morgan fingerprint density at radius 1 is 1.00 bits per heavy atom. The number of rotatable bonds is 2. The van der Waals surface area contributed by atoms with E-state index in [0.29, 0.717) is 0 Å². The van der Waals surface area contributed by atoms with E-state index in [1.807, 2.05) is 30.3 Å². The van der Waals surface area contributed by atoms with Crippen LogP contribution in [0.2, 0.25) is 14.8 Å². The summed E-state index contributed by atoms with van der Waals surface area (Å²) in [6.07, 6.45) is 0. The minimum absolute atomic E-state index is 0. The molecule has 0 unspecified atom stereocenters. The number of anilines is 1. The van der Waals surface area contributed by atoms with Crippen LogP contribution in [0.1, 0.15) is 0 Å². The molecule has 3 heteroatoms. The van der Waals surface area contributed by atoms with Gasteiger partial charge in [0.1, 0.15) is 0 Å². The van der Waals surface area contributed by atoms with Crippen molar-refractivity contribution >= 4 is 27.6 Å². The summed E-state index contributed by atoms with van der Waals surface area (Å²) in [5, 5.41) is 0. The van der Waals surface area contributed by atoms with Crippen LogP contribution in [0.3, 0.4) is 0 Å². The third-order valence-corrected chi connectivity index (χ3v) is 8.46. The van der Waals surface area contributed by atoms with Crippen LogP contribution >= 0.6 is 0 Å². The van der Waals surface area contributed by atoms with Crippen LogP contribution in [0, 0.1) is 0 Å². The fourth-order valence-corrected chi connectivity index (χ4v) is 6.53. The molecule has 0 N–H and O–H groups in total. The van der Waals surface area contributed by atoms with Gasteiger partial charge in [0.25, 0.3) is 0 Å². The smallest absolute Gasteiger partial charge is 0 e. The predicted molar refractivity (Wildman–Crippen MR) is 81.4 cm³/mol. The van der Waals surface area contributed by atoms with Gasteiger partial charge in [-0.1, -0.05) is 0 Å². The summed E-state index contributed by atoms with van der Waals surface area (Å²) in [4.78, 5) is 9.59. The molecule has 1 nitrogen and oxygen atoms in total. The molecule has 0 radical (unpaired) electrons. The molecule has 2 aromatic carbocycles. The average molecular weight is 392 g/mol. The van der Waals surface area contributed by atoms with Crippen molar-refractivity contribution in [1.29, 1.82) is 0 Å². The maximum absolute atomic E-state index is 2.46. The summed E-state index contributed by atoms with van der Waals surface area (Å²) in [5.41, 5.74) is 1.43. The first-order chi connectivity index (χ1) is 7.93. The summed E-state index contributed by atoms with van der Waals surface area (Å²) >= 11 is -1.84. The van der Waals surface area contributed by atoms with Gasteiger partial charge in [-0.3, -0.25) is 0 Å². The number of hydrogen-bond donors (Lipinski definition) is 0. The molecule has 0 heterocycles. The van der Waals surface area contributed by atoms with Crippen molar-refractivity contribution in [3.05, 3.63) is 48.5 Å². The first kappa shape index (κ1) is 17.8. The normalized spacial score (nSPS) is 10.1. The van der Waals surface area contributed by atoms with Gasteiger partial charge in [-0.15, -0.1) is 0 Å². The zero-order valence-electron chi connectivity index (χ0n) is 11.9. The molecule has 0 bridgehead atoms. The van der Waals surface area contributed by atoms with Crippen LogP contribution in [0.25, 0.3) is 0 Å². The summed E-state index contributed by atoms with van der Waals surface area (Å²) < 4.78 is 1.63. The van der Waals surface area contributed by atoms with Crippen molar-refractivity contribution < 1.29 is 17.1 Å². The third-order valence-electron chi connectivity index (χ3n) is 2.64.